The van der Waals surface area contributed by atoms with Crippen molar-refractivity contribution in [3.63, 3.8) is 0 Å². The summed E-state index contributed by atoms with van der Waals surface area (Å²) in [5.74, 6) is 0.874. The fourth-order valence-electron chi connectivity index (χ4n) is 1.73. The van der Waals surface area contributed by atoms with Gasteiger partial charge in [-0.05, 0) is 31.5 Å². The Kier molecular flexibility index (Phi) is 6.16. The van der Waals surface area contributed by atoms with Crippen LogP contribution in [0.3, 0.4) is 0 Å². The molecule has 102 valence electrons. The standard InChI is InChI=1S/C15H25NO2/c1-11(2)16-10-15(18-12(3)4)13-6-8-14(17-5)9-7-13/h6-9,11-12,15-16H,10H2,1-5H3. The predicted octanol–water partition coefficient (Wildman–Crippen LogP) is 3.16. The molecular weight excluding hydrogens is 226 g/mol. The van der Waals surface area contributed by atoms with Gasteiger partial charge in [0.05, 0.1) is 19.3 Å². The molecule has 1 rings (SSSR count). The summed E-state index contributed by atoms with van der Waals surface area (Å²) >= 11 is 0. The average Bonchev–Trinajstić information content (AvgIpc) is 2.34. The maximum absolute atomic E-state index is 5.96. The highest BCUT2D eigenvalue weighted by molar-refractivity contribution is 5.28. The molecule has 0 bridgehead atoms. The average molecular weight is 251 g/mol. The Bertz CT molecular complexity index is 333. The molecule has 0 aliphatic heterocycles. The van der Waals surface area contributed by atoms with Crippen LogP contribution in [0.25, 0.3) is 0 Å². The van der Waals surface area contributed by atoms with Gasteiger partial charge >= 0.3 is 0 Å². The molecule has 0 aliphatic carbocycles. The maximum atomic E-state index is 5.96. The van der Waals surface area contributed by atoms with Crippen LogP contribution in [0.1, 0.15) is 39.4 Å². The van der Waals surface area contributed by atoms with Gasteiger partial charge in [-0.3, -0.25) is 0 Å². The molecule has 0 spiro atoms. The van der Waals surface area contributed by atoms with E-state index in [4.69, 9.17) is 9.47 Å². The second-order valence-electron chi connectivity index (χ2n) is 5.01. The zero-order valence-electron chi connectivity index (χ0n) is 12.1. The summed E-state index contributed by atoms with van der Waals surface area (Å²) in [5.41, 5.74) is 1.18. The third kappa shape index (κ3) is 5.07. The van der Waals surface area contributed by atoms with Crippen molar-refractivity contribution in [1.82, 2.24) is 5.32 Å². The maximum Gasteiger partial charge on any atom is 0.118 e. The lowest BCUT2D eigenvalue weighted by Gasteiger charge is -2.22. The van der Waals surface area contributed by atoms with E-state index >= 15 is 0 Å². The molecule has 0 saturated heterocycles. The molecule has 0 amide bonds. The Morgan fingerprint density at radius 3 is 2.11 bits per heavy atom. The van der Waals surface area contributed by atoms with E-state index in [-0.39, 0.29) is 12.2 Å². The SMILES string of the molecule is COc1ccc(C(CNC(C)C)OC(C)C)cc1. The van der Waals surface area contributed by atoms with Crippen LogP contribution in [0.15, 0.2) is 24.3 Å². The molecule has 0 radical (unpaired) electrons. The zero-order valence-corrected chi connectivity index (χ0v) is 12.1. The summed E-state index contributed by atoms with van der Waals surface area (Å²) in [6.45, 7) is 9.22. The largest absolute Gasteiger partial charge is 0.497 e. The molecule has 1 aromatic carbocycles. The lowest BCUT2D eigenvalue weighted by Crippen LogP contribution is -2.30. The normalized spacial score (nSPS) is 13.1. The van der Waals surface area contributed by atoms with Crippen LogP contribution in [0.5, 0.6) is 5.75 Å². The van der Waals surface area contributed by atoms with Crippen molar-refractivity contribution < 1.29 is 9.47 Å². The first-order chi connectivity index (χ1) is 8.52. The number of ether oxygens (including phenoxy) is 2. The minimum Gasteiger partial charge on any atom is -0.497 e. The van der Waals surface area contributed by atoms with Crippen molar-refractivity contribution in [3.05, 3.63) is 29.8 Å². The fourth-order valence-corrected chi connectivity index (χ4v) is 1.73. The van der Waals surface area contributed by atoms with E-state index in [1.54, 1.807) is 7.11 Å². The van der Waals surface area contributed by atoms with Gasteiger partial charge in [0, 0.05) is 12.6 Å². The van der Waals surface area contributed by atoms with Gasteiger partial charge in [-0.2, -0.15) is 0 Å². The molecule has 0 heterocycles. The minimum absolute atomic E-state index is 0.0818. The molecule has 18 heavy (non-hydrogen) atoms. The number of methoxy groups -OCH3 is 1. The van der Waals surface area contributed by atoms with Crippen molar-refractivity contribution in [3.8, 4) is 5.75 Å². The summed E-state index contributed by atoms with van der Waals surface area (Å²) in [6.07, 6.45) is 0.296. The van der Waals surface area contributed by atoms with Crippen molar-refractivity contribution >= 4 is 0 Å². The summed E-state index contributed by atoms with van der Waals surface area (Å²) < 4.78 is 11.1. The van der Waals surface area contributed by atoms with E-state index in [1.165, 1.54) is 5.56 Å². The van der Waals surface area contributed by atoms with E-state index < -0.39 is 0 Å². The Morgan fingerprint density at radius 1 is 1.06 bits per heavy atom. The second-order valence-corrected chi connectivity index (χ2v) is 5.01. The number of nitrogens with one attached hydrogen (secondary N) is 1. The van der Waals surface area contributed by atoms with E-state index in [2.05, 4.69) is 45.1 Å². The summed E-state index contributed by atoms with van der Waals surface area (Å²) in [6, 6.07) is 8.53. The Balaban J connectivity index is 2.73. The van der Waals surface area contributed by atoms with Crippen LogP contribution in [-0.4, -0.2) is 25.8 Å². The third-order valence-corrected chi connectivity index (χ3v) is 2.64. The van der Waals surface area contributed by atoms with Crippen LogP contribution < -0.4 is 10.1 Å². The summed E-state index contributed by atoms with van der Waals surface area (Å²) in [4.78, 5) is 0. The highest BCUT2D eigenvalue weighted by Gasteiger charge is 2.14. The smallest absolute Gasteiger partial charge is 0.118 e. The van der Waals surface area contributed by atoms with Crippen molar-refractivity contribution in [2.45, 2.75) is 45.9 Å². The topological polar surface area (TPSA) is 30.5 Å². The van der Waals surface area contributed by atoms with Crippen molar-refractivity contribution in [2.24, 2.45) is 0 Å². The molecule has 3 heteroatoms. The Labute approximate surface area is 110 Å². The van der Waals surface area contributed by atoms with Crippen molar-refractivity contribution in [1.29, 1.82) is 0 Å². The van der Waals surface area contributed by atoms with Crippen molar-refractivity contribution in [2.75, 3.05) is 13.7 Å². The number of benzene rings is 1. The lowest BCUT2D eigenvalue weighted by atomic mass is 10.1. The van der Waals surface area contributed by atoms with Crippen LogP contribution in [0.4, 0.5) is 0 Å². The van der Waals surface area contributed by atoms with Gasteiger partial charge in [0.25, 0.3) is 0 Å². The number of rotatable bonds is 7. The van der Waals surface area contributed by atoms with Gasteiger partial charge < -0.3 is 14.8 Å². The summed E-state index contributed by atoms with van der Waals surface area (Å²) in [5, 5.41) is 3.42. The Morgan fingerprint density at radius 2 is 1.67 bits per heavy atom. The first-order valence-corrected chi connectivity index (χ1v) is 6.55. The quantitative estimate of drug-likeness (QED) is 0.807. The molecule has 0 saturated carbocycles. The van der Waals surface area contributed by atoms with Crippen LogP contribution in [0, 0.1) is 0 Å². The third-order valence-electron chi connectivity index (χ3n) is 2.64. The molecule has 3 nitrogen and oxygen atoms in total. The summed E-state index contributed by atoms with van der Waals surface area (Å²) in [7, 11) is 1.68. The first-order valence-electron chi connectivity index (χ1n) is 6.55. The highest BCUT2D eigenvalue weighted by Crippen LogP contribution is 2.21. The molecular formula is C15H25NO2. The molecule has 0 aromatic heterocycles. The molecule has 0 fully saturated rings. The van der Waals surface area contributed by atoms with E-state index in [9.17, 15) is 0 Å². The van der Waals surface area contributed by atoms with Gasteiger partial charge in [-0.25, -0.2) is 0 Å². The second kappa shape index (κ2) is 7.39. The predicted molar refractivity (Wildman–Crippen MR) is 75.1 cm³/mol. The number of hydrogen-bond donors (Lipinski definition) is 1. The van der Waals surface area contributed by atoms with E-state index in [1.807, 2.05) is 12.1 Å². The van der Waals surface area contributed by atoms with Gasteiger partial charge in [-0.1, -0.05) is 26.0 Å². The molecule has 1 atom stereocenters. The van der Waals surface area contributed by atoms with Gasteiger partial charge in [-0.15, -0.1) is 0 Å². The van der Waals surface area contributed by atoms with Crippen LogP contribution in [-0.2, 0) is 4.74 Å². The van der Waals surface area contributed by atoms with Gasteiger partial charge in [0.2, 0.25) is 0 Å². The van der Waals surface area contributed by atoms with Gasteiger partial charge in [0.1, 0.15) is 5.75 Å². The molecule has 1 aromatic rings. The highest BCUT2D eigenvalue weighted by atomic mass is 16.5. The molecule has 0 aliphatic rings. The molecule has 1 N–H and O–H groups in total. The van der Waals surface area contributed by atoms with Crippen LogP contribution in [0.2, 0.25) is 0 Å². The van der Waals surface area contributed by atoms with Crippen LogP contribution >= 0.6 is 0 Å². The number of hydrogen-bond acceptors (Lipinski definition) is 3. The monoisotopic (exact) mass is 251 g/mol. The fraction of sp³-hybridized carbons (Fsp3) is 0.600. The first kappa shape index (κ1) is 15.0. The zero-order chi connectivity index (χ0) is 13.5. The lowest BCUT2D eigenvalue weighted by molar-refractivity contribution is 0.00616. The minimum atomic E-state index is 0.0818. The van der Waals surface area contributed by atoms with E-state index in [0.717, 1.165) is 12.3 Å². The Hall–Kier alpha value is -1.06. The van der Waals surface area contributed by atoms with Gasteiger partial charge in [0.15, 0.2) is 0 Å². The molecule has 1 unspecified atom stereocenters. The van der Waals surface area contributed by atoms with E-state index in [0.29, 0.717) is 6.04 Å².